The zero-order valence-electron chi connectivity index (χ0n) is 13.4. The molecule has 0 bridgehead atoms. The Hall–Kier alpha value is -2.20. The Bertz CT molecular complexity index is 523. The maximum Gasteiger partial charge on any atom is 0.240 e. The van der Waals surface area contributed by atoms with Gasteiger partial charge in [0, 0.05) is 25.4 Å². The number of amides is 2. The molecule has 0 aliphatic carbocycles. The molecule has 0 saturated carbocycles. The zero-order valence-corrected chi connectivity index (χ0v) is 13.4. The number of carbonyl (C=O) groups is 2. The van der Waals surface area contributed by atoms with Gasteiger partial charge in [-0.25, -0.2) is 5.48 Å². The summed E-state index contributed by atoms with van der Waals surface area (Å²) in [4.78, 5) is 23.6. The highest BCUT2D eigenvalue weighted by Gasteiger charge is 2.20. The lowest BCUT2D eigenvalue weighted by atomic mass is 10.0. The lowest BCUT2D eigenvalue weighted by molar-refractivity contribution is -0.128. The molecule has 0 spiro atoms. The van der Waals surface area contributed by atoms with E-state index in [1.807, 2.05) is 0 Å². The molecule has 0 fully saturated rings. The van der Waals surface area contributed by atoms with E-state index in [2.05, 4.69) is 16.2 Å². The van der Waals surface area contributed by atoms with Gasteiger partial charge in [0.25, 0.3) is 0 Å². The van der Waals surface area contributed by atoms with Crippen molar-refractivity contribution in [1.29, 1.82) is 0 Å². The van der Waals surface area contributed by atoms with Gasteiger partial charge in [-0.05, 0) is 30.5 Å². The lowest BCUT2D eigenvalue weighted by Gasteiger charge is -2.19. The topological polar surface area (TPSA) is 163 Å². The van der Waals surface area contributed by atoms with Crippen molar-refractivity contribution in [2.45, 2.75) is 37.8 Å². The van der Waals surface area contributed by atoms with Crippen LogP contribution in [-0.2, 0) is 16.0 Å². The fraction of sp³-hybridized carbons (Fsp3) is 0.467. The van der Waals surface area contributed by atoms with Crippen molar-refractivity contribution in [3.05, 3.63) is 29.8 Å². The summed E-state index contributed by atoms with van der Waals surface area (Å²) in [7, 11) is 0. The quantitative estimate of drug-likeness (QED) is 0.153. The van der Waals surface area contributed by atoms with E-state index in [0.717, 1.165) is 5.56 Å². The summed E-state index contributed by atoms with van der Waals surface area (Å²) in [5.74, 6) is 4.22. The van der Waals surface area contributed by atoms with E-state index in [1.54, 1.807) is 12.1 Å². The second-order valence-corrected chi connectivity index (χ2v) is 5.52. The van der Waals surface area contributed by atoms with E-state index >= 15 is 0 Å². The lowest BCUT2D eigenvalue weighted by Crippen LogP contribution is -2.47. The van der Waals surface area contributed by atoms with Crippen LogP contribution in [0.25, 0.3) is 0 Å². The van der Waals surface area contributed by atoms with Crippen molar-refractivity contribution >= 4 is 11.8 Å². The first-order chi connectivity index (χ1) is 11.5. The number of hydrazine groups is 1. The van der Waals surface area contributed by atoms with Crippen LogP contribution in [0.15, 0.2) is 24.3 Å². The molecule has 0 aliphatic heterocycles. The normalized spacial score (nSPS) is 13.2. The highest BCUT2D eigenvalue weighted by atomic mass is 16.5. The van der Waals surface area contributed by atoms with Crippen LogP contribution in [-0.4, -0.2) is 40.8 Å². The van der Waals surface area contributed by atoms with Gasteiger partial charge in [0.15, 0.2) is 0 Å². The average molecular weight is 339 g/mol. The van der Waals surface area contributed by atoms with E-state index < -0.39 is 23.9 Å². The number of benzene rings is 1. The average Bonchev–Trinajstić information content (AvgIpc) is 2.55. The fourth-order valence-corrected chi connectivity index (χ4v) is 2.23. The Morgan fingerprint density at radius 1 is 1.21 bits per heavy atom. The highest BCUT2D eigenvalue weighted by molar-refractivity contribution is 5.87. The van der Waals surface area contributed by atoms with Crippen LogP contribution in [0, 0.1) is 0 Å². The van der Waals surface area contributed by atoms with Gasteiger partial charge < -0.3 is 21.4 Å². The first-order valence-corrected chi connectivity index (χ1v) is 7.66. The van der Waals surface area contributed by atoms with Crippen LogP contribution in [0.5, 0.6) is 5.75 Å². The molecule has 2 amide bonds. The minimum Gasteiger partial charge on any atom is -0.508 e. The van der Waals surface area contributed by atoms with Gasteiger partial charge in [0.2, 0.25) is 11.8 Å². The molecule has 0 radical (unpaired) electrons. The van der Waals surface area contributed by atoms with Crippen LogP contribution >= 0.6 is 0 Å². The number of nitrogens with one attached hydrogen (secondary N) is 3. The molecule has 0 aromatic heterocycles. The standard InChI is InChI=1S/C15H25N5O4/c16-15(23)13(8-10-3-5-12(21)6-4-10)19-14(22)9-11(20-24)2-1-7-18-17/h3-6,11,13,18,20-21,24H,1-2,7-9,17H2,(H2,16,23)(H,19,22)/t11-,13-/m0/s1. The zero-order chi connectivity index (χ0) is 17.9. The van der Waals surface area contributed by atoms with Crippen LogP contribution in [0.4, 0.5) is 0 Å². The third kappa shape index (κ3) is 7.38. The van der Waals surface area contributed by atoms with Gasteiger partial charge in [-0.1, -0.05) is 12.1 Å². The number of phenols is 1. The number of hydroxylamine groups is 1. The van der Waals surface area contributed by atoms with Gasteiger partial charge in [-0.2, -0.15) is 0 Å². The Kier molecular flexibility index (Phi) is 8.72. The third-order valence-electron chi connectivity index (χ3n) is 3.54. The molecule has 1 aromatic rings. The molecule has 9 N–H and O–H groups in total. The number of rotatable bonds is 11. The van der Waals surface area contributed by atoms with E-state index in [0.29, 0.717) is 19.4 Å². The summed E-state index contributed by atoms with van der Waals surface area (Å²) >= 11 is 0. The molecule has 0 unspecified atom stereocenters. The Morgan fingerprint density at radius 2 is 1.88 bits per heavy atom. The van der Waals surface area contributed by atoms with Crippen molar-refractivity contribution in [2.24, 2.45) is 11.6 Å². The van der Waals surface area contributed by atoms with Crippen LogP contribution in [0.3, 0.4) is 0 Å². The van der Waals surface area contributed by atoms with E-state index in [9.17, 15) is 14.7 Å². The number of phenolic OH excluding ortho intramolecular Hbond substituents is 1. The second-order valence-electron chi connectivity index (χ2n) is 5.52. The Balaban J connectivity index is 2.55. The molecule has 9 nitrogen and oxygen atoms in total. The number of aromatic hydroxyl groups is 1. The summed E-state index contributed by atoms with van der Waals surface area (Å²) in [6.07, 6.45) is 1.43. The predicted octanol–water partition coefficient (Wildman–Crippen LogP) is -1.11. The first kappa shape index (κ1) is 19.8. The number of carbonyl (C=O) groups excluding carboxylic acids is 2. The van der Waals surface area contributed by atoms with Crippen molar-refractivity contribution in [3.63, 3.8) is 0 Å². The van der Waals surface area contributed by atoms with E-state index in [1.165, 1.54) is 12.1 Å². The number of hydrogen-bond acceptors (Lipinski definition) is 7. The molecule has 1 rings (SSSR count). The summed E-state index contributed by atoms with van der Waals surface area (Å²) in [5.41, 5.74) is 10.7. The number of nitrogens with two attached hydrogens (primary N) is 2. The van der Waals surface area contributed by atoms with Crippen molar-refractivity contribution < 1.29 is 19.9 Å². The van der Waals surface area contributed by atoms with E-state index in [4.69, 9.17) is 16.8 Å². The first-order valence-electron chi connectivity index (χ1n) is 7.66. The third-order valence-corrected chi connectivity index (χ3v) is 3.54. The van der Waals surface area contributed by atoms with Gasteiger partial charge in [0.05, 0.1) is 0 Å². The largest absolute Gasteiger partial charge is 0.508 e. The minimum atomic E-state index is -0.868. The molecule has 0 heterocycles. The van der Waals surface area contributed by atoms with Crippen LogP contribution < -0.4 is 27.8 Å². The molecular weight excluding hydrogens is 314 g/mol. The number of primary amides is 1. The van der Waals surface area contributed by atoms with Crippen molar-refractivity contribution in [1.82, 2.24) is 16.2 Å². The van der Waals surface area contributed by atoms with Crippen molar-refractivity contribution in [2.75, 3.05) is 6.54 Å². The smallest absolute Gasteiger partial charge is 0.240 e. The minimum absolute atomic E-state index is 0.000426. The molecule has 9 heteroatoms. The molecule has 1 aromatic carbocycles. The molecular formula is C15H25N5O4. The second kappa shape index (κ2) is 10.6. The van der Waals surface area contributed by atoms with Gasteiger partial charge >= 0.3 is 0 Å². The van der Waals surface area contributed by atoms with Gasteiger partial charge in [-0.3, -0.25) is 20.9 Å². The summed E-state index contributed by atoms with van der Waals surface area (Å²) in [5, 5.41) is 20.9. The maximum atomic E-state index is 12.1. The summed E-state index contributed by atoms with van der Waals surface area (Å²) < 4.78 is 0. The van der Waals surface area contributed by atoms with E-state index in [-0.39, 0.29) is 18.6 Å². The molecule has 24 heavy (non-hydrogen) atoms. The van der Waals surface area contributed by atoms with Gasteiger partial charge in [0.1, 0.15) is 11.8 Å². The SMILES string of the molecule is NNCCC[C@@H](CC(=O)N[C@@H](Cc1ccc(O)cc1)C(N)=O)NO. The molecule has 0 aliphatic rings. The molecule has 134 valence electrons. The molecule has 2 atom stereocenters. The van der Waals surface area contributed by atoms with Crippen molar-refractivity contribution in [3.8, 4) is 5.75 Å². The van der Waals surface area contributed by atoms with Gasteiger partial charge in [-0.15, -0.1) is 0 Å². The molecule has 0 saturated heterocycles. The Morgan fingerprint density at radius 3 is 2.42 bits per heavy atom. The Labute approximate surface area is 140 Å². The highest BCUT2D eigenvalue weighted by Crippen LogP contribution is 2.11. The van der Waals surface area contributed by atoms with Crippen LogP contribution in [0.1, 0.15) is 24.8 Å². The number of hydrogen-bond donors (Lipinski definition) is 7. The summed E-state index contributed by atoms with van der Waals surface area (Å²) in [6, 6.07) is 4.97. The fourth-order valence-electron chi connectivity index (χ4n) is 2.23. The predicted molar refractivity (Wildman–Crippen MR) is 87.7 cm³/mol. The summed E-state index contributed by atoms with van der Waals surface area (Å²) in [6.45, 7) is 0.560. The maximum absolute atomic E-state index is 12.1. The monoisotopic (exact) mass is 339 g/mol. The van der Waals surface area contributed by atoms with Crippen LogP contribution in [0.2, 0.25) is 0 Å².